The van der Waals surface area contributed by atoms with E-state index in [9.17, 15) is 0 Å². The monoisotopic (exact) mass is 789 g/mol. The Morgan fingerprint density at radius 2 is 0.597 bits per heavy atom. The first-order valence-corrected chi connectivity index (χ1v) is 21.4. The maximum Gasteiger partial charge on any atom is 0.0726 e. The molecule has 0 aromatic heterocycles. The van der Waals surface area contributed by atoms with Crippen molar-refractivity contribution >= 4 is 17.1 Å². The number of fused-ring (bicyclic) bond motifs is 3. The van der Waals surface area contributed by atoms with Crippen LogP contribution in [0.4, 0.5) is 17.1 Å². The fourth-order valence-electron chi connectivity index (χ4n) is 9.86. The van der Waals surface area contributed by atoms with Crippen LogP contribution in [-0.2, 0) is 5.41 Å². The molecular weight excluding hydrogens is 747 g/mol. The molecular formula is C61H43N. The summed E-state index contributed by atoms with van der Waals surface area (Å²) in [5.74, 6) is 0. The molecule has 0 amide bonds. The highest BCUT2D eigenvalue weighted by Crippen LogP contribution is 2.63. The van der Waals surface area contributed by atoms with Gasteiger partial charge >= 0.3 is 0 Å². The van der Waals surface area contributed by atoms with Gasteiger partial charge in [0.15, 0.2) is 0 Å². The van der Waals surface area contributed by atoms with Crippen LogP contribution >= 0.6 is 0 Å². The van der Waals surface area contributed by atoms with Crippen molar-refractivity contribution in [2.24, 2.45) is 0 Å². The van der Waals surface area contributed by atoms with Crippen LogP contribution in [-0.4, -0.2) is 0 Å². The van der Waals surface area contributed by atoms with Crippen molar-refractivity contribution in [2.75, 3.05) is 4.90 Å². The van der Waals surface area contributed by atoms with Crippen molar-refractivity contribution in [1.82, 2.24) is 0 Å². The summed E-state index contributed by atoms with van der Waals surface area (Å²) < 4.78 is 0. The SMILES string of the molecule is c1ccc(-c2ccc(N(c3ccc(-c4ccccc4)cc3)c3ccc(-c4ccccc4)c4c3-c3cccc(-c5ccccc5)c3C4(c3ccccc3)c3ccccc3)cc2)cc1. The van der Waals surface area contributed by atoms with Gasteiger partial charge in [-0.15, -0.1) is 0 Å². The van der Waals surface area contributed by atoms with Crippen LogP contribution in [0.1, 0.15) is 22.3 Å². The van der Waals surface area contributed by atoms with E-state index in [1.807, 2.05) is 0 Å². The molecule has 1 heteroatoms. The molecule has 0 saturated heterocycles. The van der Waals surface area contributed by atoms with Crippen molar-refractivity contribution in [3.63, 3.8) is 0 Å². The van der Waals surface area contributed by atoms with Crippen LogP contribution in [0.5, 0.6) is 0 Å². The Labute approximate surface area is 364 Å². The summed E-state index contributed by atoms with van der Waals surface area (Å²) in [6, 6.07) is 95.4. The highest BCUT2D eigenvalue weighted by Gasteiger charge is 2.50. The van der Waals surface area contributed by atoms with Gasteiger partial charge in [0.05, 0.1) is 11.1 Å². The zero-order chi connectivity index (χ0) is 41.3. The van der Waals surface area contributed by atoms with Gasteiger partial charge in [0.1, 0.15) is 0 Å². The molecule has 11 rings (SSSR count). The Morgan fingerprint density at radius 1 is 0.242 bits per heavy atom. The molecule has 0 fully saturated rings. The minimum Gasteiger partial charge on any atom is -0.310 e. The van der Waals surface area contributed by atoms with Crippen molar-refractivity contribution < 1.29 is 0 Å². The van der Waals surface area contributed by atoms with Gasteiger partial charge in [-0.3, -0.25) is 0 Å². The highest BCUT2D eigenvalue weighted by atomic mass is 15.1. The lowest BCUT2D eigenvalue weighted by Crippen LogP contribution is -2.30. The fraction of sp³-hybridized carbons (Fsp3) is 0.0164. The summed E-state index contributed by atoms with van der Waals surface area (Å²) in [4.78, 5) is 2.47. The molecule has 1 nitrogen and oxygen atoms in total. The van der Waals surface area contributed by atoms with E-state index in [4.69, 9.17) is 0 Å². The van der Waals surface area contributed by atoms with Crippen molar-refractivity contribution in [3.05, 3.63) is 283 Å². The Morgan fingerprint density at radius 3 is 1.03 bits per heavy atom. The van der Waals surface area contributed by atoms with E-state index >= 15 is 0 Å². The molecule has 10 aromatic rings. The first kappa shape index (κ1) is 37.0. The number of hydrogen-bond donors (Lipinski definition) is 0. The van der Waals surface area contributed by atoms with Crippen LogP contribution in [0.15, 0.2) is 261 Å². The van der Waals surface area contributed by atoms with Crippen LogP contribution < -0.4 is 4.90 Å². The van der Waals surface area contributed by atoms with E-state index in [0.717, 1.165) is 17.1 Å². The molecule has 0 spiro atoms. The normalized spacial score (nSPS) is 12.3. The average molecular weight is 790 g/mol. The Hall–Kier alpha value is -8.00. The Bertz CT molecular complexity index is 2980. The molecule has 0 bridgehead atoms. The molecule has 10 aromatic carbocycles. The van der Waals surface area contributed by atoms with E-state index in [1.165, 1.54) is 77.9 Å². The van der Waals surface area contributed by atoms with Gasteiger partial charge in [0.25, 0.3) is 0 Å². The molecule has 0 saturated carbocycles. The summed E-state index contributed by atoms with van der Waals surface area (Å²) in [7, 11) is 0. The van der Waals surface area contributed by atoms with Crippen LogP contribution in [0.3, 0.4) is 0 Å². The predicted molar refractivity (Wildman–Crippen MR) is 260 cm³/mol. The topological polar surface area (TPSA) is 3.24 Å². The second-order valence-electron chi connectivity index (χ2n) is 16.0. The zero-order valence-corrected chi connectivity index (χ0v) is 34.3. The maximum absolute atomic E-state index is 2.47. The summed E-state index contributed by atoms with van der Waals surface area (Å²) in [6.07, 6.45) is 0. The standard InChI is InChI=1S/C61H43N/c1-7-20-44(21-8-1)46-34-38-52(39-35-46)62(53-40-36-47(37-41-53)45-22-9-2-10-23-45)57-43-42-55(49-26-13-4-14-27-49)60-58(57)56-33-19-32-54(48-24-11-3-12-25-48)59(56)61(60,50-28-15-5-16-29-50)51-30-17-6-18-31-51/h1-43H. The molecule has 0 atom stereocenters. The summed E-state index contributed by atoms with van der Waals surface area (Å²) in [5.41, 5.74) is 19.7. The van der Waals surface area contributed by atoms with Gasteiger partial charge in [-0.1, -0.05) is 231 Å². The van der Waals surface area contributed by atoms with Gasteiger partial charge in [-0.05, 0) is 103 Å². The van der Waals surface area contributed by atoms with E-state index in [0.29, 0.717) is 0 Å². The first-order valence-electron chi connectivity index (χ1n) is 21.4. The summed E-state index contributed by atoms with van der Waals surface area (Å²) >= 11 is 0. The lowest BCUT2D eigenvalue weighted by molar-refractivity contribution is 0.772. The first-order chi connectivity index (χ1) is 30.8. The third-order valence-electron chi connectivity index (χ3n) is 12.6. The van der Waals surface area contributed by atoms with Gasteiger partial charge in [-0.2, -0.15) is 0 Å². The molecule has 1 aliphatic rings. The quantitative estimate of drug-likeness (QED) is 0.141. The van der Waals surface area contributed by atoms with Crippen LogP contribution in [0.2, 0.25) is 0 Å². The summed E-state index contributed by atoms with van der Waals surface area (Å²) in [6.45, 7) is 0. The maximum atomic E-state index is 2.47. The zero-order valence-electron chi connectivity index (χ0n) is 34.3. The molecule has 1 aliphatic carbocycles. The lowest BCUT2D eigenvalue weighted by atomic mass is 9.64. The van der Waals surface area contributed by atoms with E-state index < -0.39 is 5.41 Å². The minimum atomic E-state index is -0.680. The molecule has 0 heterocycles. The largest absolute Gasteiger partial charge is 0.310 e. The van der Waals surface area contributed by atoms with Gasteiger partial charge in [-0.25, -0.2) is 0 Å². The van der Waals surface area contributed by atoms with Crippen molar-refractivity contribution in [1.29, 1.82) is 0 Å². The molecule has 0 N–H and O–H groups in total. The smallest absolute Gasteiger partial charge is 0.0726 e. The van der Waals surface area contributed by atoms with E-state index in [1.54, 1.807) is 0 Å². The number of benzene rings is 10. The number of nitrogens with zero attached hydrogens (tertiary/aromatic N) is 1. The predicted octanol–water partition coefficient (Wildman–Crippen LogP) is 16.2. The Balaban J connectivity index is 1.26. The van der Waals surface area contributed by atoms with Gasteiger partial charge < -0.3 is 4.90 Å². The molecule has 0 unspecified atom stereocenters. The third-order valence-corrected chi connectivity index (χ3v) is 12.6. The van der Waals surface area contributed by atoms with Crippen molar-refractivity contribution in [3.8, 4) is 55.6 Å². The molecule has 62 heavy (non-hydrogen) atoms. The molecule has 292 valence electrons. The molecule has 0 radical (unpaired) electrons. The second kappa shape index (κ2) is 15.9. The van der Waals surface area contributed by atoms with Crippen LogP contribution in [0.25, 0.3) is 55.6 Å². The third kappa shape index (κ3) is 6.26. The Kier molecular flexibility index (Phi) is 9.48. The fourth-order valence-corrected chi connectivity index (χ4v) is 9.86. The lowest BCUT2D eigenvalue weighted by Gasteiger charge is -2.37. The second-order valence-corrected chi connectivity index (χ2v) is 16.0. The van der Waals surface area contributed by atoms with Gasteiger partial charge in [0.2, 0.25) is 0 Å². The van der Waals surface area contributed by atoms with E-state index in [2.05, 4.69) is 266 Å². The number of anilines is 3. The molecule has 0 aliphatic heterocycles. The average Bonchev–Trinajstić information content (AvgIpc) is 3.69. The number of hydrogen-bond acceptors (Lipinski definition) is 1. The summed E-state index contributed by atoms with van der Waals surface area (Å²) in [5, 5.41) is 0. The van der Waals surface area contributed by atoms with Crippen LogP contribution in [0, 0.1) is 0 Å². The highest BCUT2D eigenvalue weighted by molar-refractivity contribution is 6.04. The van der Waals surface area contributed by atoms with Crippen molar-refractivity contribution in [2.45, 2.75) is 5.41 Å². The van der Waals surface area contributed by atoms with Gasteiger partial charge in [0, 0.05) is 16.9 Å². The minimum absolute atomic E-state index is 0.680. The van der Waals surface area contributed by atoms with E-state index in [-0.39, 0.29) is 0 Å². The number of rotatable bonds is 9.